The maximum atomic E-state index is 13.5. The zero-order valence-electron chi connectivity index (χ0n) is 9.67. The SMILES string of the molecule is Cc1cc(F)c(NCC2CCC=CO2)cc1F. The highest BCUT2D eigenvalue weighted by atomic mass is 19.1. The van der Waals surface area contributed by atoms with Gasteiger partial charge in [0.25, 0.3) is 0 Å². The van der Waals surface area contributed by atoms with Gasteiger partial charge in [-0.15, -0.1) is 0 Å². The molecule has 1 aromatic carbocycles. The Bertz CT molecular complexity index is 432. The van der Waals surface area contributed by atoms with Gasteiger partial charge in [-0.3, -0.25) is 0 Å². The van der Waals surface area contributed by atoms with E-state index in [4.69, 9.17) is 4.74 Å². The lowest BCUT2D eigenvalue weighted by atomic mass is 10.1. The van der Waals surface area contributed by atoms with Gasteiger partial charge in [0.15, 0.2) is 0 Å². The number of allylic oxidation sites excluding steroid dienone is 1. The highest BCUT2D eigenvalue weighted by molar-refractivity contribution is 5.46. The summed E-state index contributed by atoms with van der Waals surface area (Å²) in [7, 11) is 0. The van der Waals surface area contributed by atoms with E-state index in [1.165, 1.54) is 19.1 Å². The summed E-state index contributed by atoms with van der Waals surface area (Å²) in [5, 5.41) is 2.88. The lowest BCUT2D eigenvalue weighted by molar-refractivity contribution is 0.135. The van der Waals surface area contributed by atoms with Crippen LogP contribution in [-0.2, 0) is 4.74 Å². The van der Waals surface area contributed by atoms with Gasteiger partial charge in [0.1, 0.15) is 17.7 Å². The van der Waals surface area contributed by atoms with Crippen molar-refractivity contribution < 1.29 is 13.5 Å². The van der Waals surface area contributed by atoms with Crippen molar-refractivity contribution in [2.75, 3.05) is 11.9 Å². The van der Waals surface area contributed by atoms with Crippen molar-refractivity contribution in [2.24, 2.45) is 0 Å². The molecule has 2 nitrogen and oxygen atoms in total. The third kappa shape index (κ3) is 2.96. The van der Waals surface area contributed by atoms with Crippen molar-refractivity contribution in [1.29, 1.82) is 0 Å². The normalized spacial score (nSPS) is 18.9. The van der Waals surface area contributed by atoms with Crippen LogP contribution in [0.1, 0.15) is 18.4 Å². The van der Waals surface area contributed by atoms with Gasteiger partial charge in [0, 0.05) is 6.07 Å². The Morgan fingerprint density at radius 3 is 2.88 bits per heavy atom. The molecule has 1 aromatic rings. The lowest BCUT2D eigenvalue weighted by Gasteiger charge is -2.20. The van der Waals surface area contributed by atoms with Gasteiger partial charge in [0.2, 0.25) is 0 Å². The molecule has 1 N–H and O–H groups in total. The van der Waals surface area contributed by atoms with Crippen molar-refractivity contribution >= 4 is 5.69 Å². The summed E-state index contributed by atoms with van der Waals surface area (Å²) in [5.74, 6) is -0.839. The molecule has 0 radical (unpaired) electrons. The zero-order valence-corrected chi connectivity index (χ0v) is 9.67. The zero-order chi connectivity index (χ0) is 12.3. The largest absolute Gasteiger partial charge is 0.497 e. The molecule has 17 heavy (non-hydrogen) atoms. The predicted molar refractivity (Wildman–Crippen MR) is 62.8 cm³/mol. The molecule has 4 heteroatoms. The van der Waals surface area contributed by atoms with Crippen molar-refractivity contribution in [3.8, 4) is 0 Å². The molecule has 1 heterocycles. The number of halogens is 2. The molecule has 92 valence electrons. The minimum Gasteiger partial charge on any atom is -0.497 e. The second-order valence-corrected chi connectivity index (χ2v) is 4.17. The molecule has 1 unspecified atom stereocenters. The fraction of sp³-hybridized carbons (Fsp3) is 0.385. The van der Waals surface area contributed by atoms with E-state index in [2.05, 4.69) is 5.32 Å². The monoisotopic (exact) mass is 239 g/mol. The number of benzene rings is 1. The van der Waals surface area contributed by atoms with Crippen LogP contribution in [0.3, 0.4) is 0 Å². The van der Waals surface area contributed by atoms with Gasteiger partial charge in [-0.05, 0) is 37.5 Å². The van der Waals surface area contributed by atoms with Crippen LogP contribution in [0.5, 0.6) is 0 Å². The molecule has 0 amide bonds. The van der Waals surface area contributed by atoms with Crippen LogP contribution in [0.4, 0.5) is 14.5 Å². The average Bonchev–Trinajstić information content (AvgIpc) is 2.33. The standard InChI is InChI=1S/C13H15F2NO/c1-9-6-12(15)13(7-11(9)14)16-8-10-4-2-3-5-17-10/h3,5-7,10,16H,2,4,8H2,1H3. The minimum absolute atomic E-state index is 0.0174. The Kier molecular flexibility index (Phi) is 3.61. The van der Waals surface area contributed by atoms with Crippen LogP contribution in [0, 0.1) is 18.6 Å². The summed E-state index contributed by atoms with van der Waals surface area (Å²) in [6.45, 7) is 2.01. The van der Waals surface area contributed by atoms with E-state index in [9.17, 15) is 8.78 Å². The van der Waals surface area contributed by atoms with Crippen LogP contribution in [-0.4, -0.2) is 12.6 Å². The first-order valence-electron chi connectivity index (χ1n) is 5.67. The molecular formula is C13H15F2NO. The number of hydrogen-bond donors (Lipinski definition) is 1. The van der Waals surface area contributed by atoms with Crippen LogP contribution in [0.25, 0.3) is 0 Å². The molecule has 0 saturated heterocycles. The van der Waals surface area contributed by atoms with Crippen molar-refractivity contribution in [1.82, 2.24) is 0 Å². The smallest absolute Gasteiger partial charge is 0.146 e. The van der Waals surface area contributed by atoms with Crippen LogP contribution in [0.15, 0.2) is 24.5 Å². The molecule has 1 aliphatic heterocycles. The summed E-state index contributed by atoms with van der Waals surface area (Å²) in [6.07, 6.45) is 5.46. The van der Waals surface area contributed by atoms with E-state index in [1.807, 2.05) is 6.08 Å². The van der Waals surface area contributed by atoms with E-state index in [0.29, 0.717) is 12.1 Å². The number of hydrogen-bond acceptors (Lipinski definition) is 2. The fourth-order valence-electron chi connectivity index (χ4n) is 1.74. The van der Waals surface area contributed by atoms with E-state index >= 15 is 0 Å². The number of nitrogens with one attached hydrogen (secondary N) is 1. The second kappa shape index (κ2) is 5.17. The van der Waals surface area contributed by atoms with Crippen molar-refractivity contribution in [2.45, 2.75) is 25.9 Å². The fourth-order valence-corrected chi connectivity index (χ4v) is 1.74. The first-order chi connectivity index (χ1) is 8.16. The molecule has 0 fully saturated rings. The van der Waals surface area contributed by atoms with Crippen LogP contribution in [0.2, 0.25) is 0 Å². The van der Waals surface area contributed by atoms with Crippen molar-refractivity contribution in [3.05, 3.63) is 41.7 Å². The maximum absolute atomic E-state index is 13.5. The van der Waals surface area contributed by atoms with E-state index < -0.39 is 11.6 Å². The Morgan fingerprint density at radius 1 is 1.35 bits per heavy atom. The number of aryl methyl sites for hydroxylation is 1. The molecular weight excluding hydrogens is 224 g/mol. The quantitative estimate of drug-likeness (QED) is 0.873. The van der Waals surface area contributed by atoms with Gasteiger partial charge in [0.05, 0.1) is 18.5 Å². The van der Waals surface area contributed by atoms with E-state index in [1.54, 1.807) is 6.26 Å². The van der Waals surface area contributed by atoms with Crippen LogP contribution < -0.4 is 5.32 Å². The number of anilines is 1. The van der Waals surface area contributed by atoms with Gasteiger partial charge >= 0.3 is 0 Å². The van der Waals surface area contributed by atoms with Gasteiger partial charge in [-0.25, -0.2) is 8.78 Å². The summed E-state index contributed by atoms with van der Waals surface area (Å²) in [6, 6.07) is 2.38. The first-order valence-corrected chi connectivity index (χ1v) is 5.67. The highest BCUT2D eigenvalue weighted by Crippen LogP contribution is 2.19. The predicted octanol–water partition coefficient (Wildman–Crippen LogP) is 3.38. The molecule has 0 spiro atoms. The van der Waals surface area contributed by atoms with Crippen LogP contribution >= 0.6 is 0 Å². The lowest BCUT2D eigenvalue weighted by Crippen LogP contribution is -2.23. The third-order valence-corrected chi connectivity index (χ3v) is 2.79. The molecule has 1 aliphatic rings. The summed E-state index contributed by atoms with van der Waals surface area (Å²) in [4.78, 5) is 0. The first kappa shape index (κ1) is 11.9. The average molecular weight is 239 g/mol. The summed E-state index contributed by atoms with van der Waals surface area (Å²) in [5.41, 5.74) is 0.496. The number of rotatable bonds is 3. The van der Waals surface area contributed by atoms with Crippen molar-refractivity contribution in [3.63, 3.8) is 0 Å². The Morgan fingerprint density at radius 2 is 2.18 bits per heavy atom. The molecule has 1 atom stereocenters. The summed E-state index contributed by atoms with van der Waals surface area (Å²) < 4.78 is 32.1. The maximum Gasteiger partial charge on any atom is 0.146 e. The molecule has 0 aromatic heterocycles. The Balaban J connectivity index is 1.98. The summed E-state index contributed by atoms with van der Waals surface area (Å²) >= 11 is 0. The highest BCUT2D eigenvalue weighted by Gasteiger charge is 2.12. The Hall–Kier alpha value is -1.58. The molecule has 2 rings (SSSR count). The van der Waals surface area contributed by atoms with Gasteiger partial charge in [-0.2, -0.15) is 0 Å². The van der Waals surface area contributed by atoms with Gasteiger partial charge in [-0.1, -0.05) is 0 Å². The van der Waals surface area contributed by atoms with E-state index in [-0.39, 0.29) is 11.8 Å². The Labute approximate surface area is 99.3 Å². The van der Waals surface area contributed by atoms with E-state index in [0.717, 1.165) is 12.8 Å². The topological polar surface area (TPSA) is 21.3 Å². The second-order valence-electron chi connectivity index (χ2n) is 4.17. The molecule has 0 bridgehead atoms. The molecule has 0 saturated carbocycles. The third-order valence-electron chi connectivity index (χ3n) is 2.79. The number of ether oxygens (including phenoxy) is 1. The minimum atomic E-state index is -0.435. The molecule has 0 aliphatic carbocycles. The van der Waals surface area contributed by atoms with Gasteiger partial charge < -0.3 is 10.1 Å².